The van der Waals surface area contributed by atoms with E-state index in [1.165, 1.54) is 11.1 Å². The van der Waals surface area contributed by atoms with Gasteiger partial charge in [0.1, 0.15) is 11.4 Å². The van der Waals surface area contributed by atoms with E-state index < -0.39 is 0 Å². The molecule has 0 bridgehead atoms. The van der Waals surface area contributed by atoms with Crippen LogP contribution < -0.4 is 26.6 Å². The quantitative estimate of drug-likeness (QED) is 0.357. The Kier molecular flexibility index (Phi) is 8.33. The van der Waals surface area contributed by atoms with Crippen LogP contribution in [0, 0.1) is 0 Å². The number of hydrogen-bond acceptors (Lipinski definition) is 8. The fourth-order valence-electron chi connectivity index (χ4n) is 4.31. The minimum absolute atomic E-state index is 0.166. The van der Waals surface area contributed by atoms with E-state index in [-0.39, 0.29) is 11.9 Å². The number of amides is 1. The first-order valence-corrected chi connectivity index (χ1v) is 12.5. The van der Waals surface area contributed by atoms with Crippen LogP contribution in [0.4, 0.5) is 17.5 Å². The number of likely N-dealkylation sites (N-methyl/N-ethyl adjacent to an activating group) is 1. The lowest BCUT2D eigenvalue weighted by Crippen LogP contribution is -2.39. The summed E-state index contributed by atoms with van der Waals surface area (Å²) in [5.41, 5.74) is 4.87. The Morgan fingerprint density at radius 3 is 2.83 bits per heavy atom. The molecule has 0 saturated carbocycles. The molecule has 35 heavy (non-hydrogen) atoms. The largest absolute Gasteiger partial charge is 0.383 e. The van der Waals surface area contributed by atoms with Crippen LogP contribution in [0.2, 0.25) is 0 Å². The van der Waals surface area contributed by atoms with Crippen molar-refractivity contribution in [2.45, 2.75) is 39.8 Å². The minimum Gasteiger partial charge on any atom is -0.383 e. The van der Waals surface area contributed by atoms with E-state index in [4.69, 9.17) is 0 Å². The van der Waals surface area contributed by atoms with Gasteiger partial charge in [-0.25, -0.2) is 4.98 Å². The van der Waals surface area contributed by atoms with Crippen molar-refractivity contribution in [3.05, 3.63) is 65.1 Å². The zero-order chi connectivity index (χ0) is 24.6. The Morgan fingerprint density at radius 1 is 1.17 bits per heavy atom. The molecule has 9 heteroatoms. The zero-order valence-corrected chi connectivity index (χ0v) is 20.8. The van der Waals surface area contributed by atoms with Crippen LogP contribution in [0.1, 0.15) is 42.3 Å². The number of benzene rings is 1. The van der Waals surface area contributed by atoms with Gasteiger partial charge in [0.2, 0.25) is 5.95 Å². The van der Waals surface area contributed by atoms with E-state index in [9.17, 15) is 4.79 Å². The summed E-state index contributed by atoms with van der Waals surface area (Å²) in [4.78, 5) is 24.2. The van der Waals surface area contributed by atoms with Gasteiger partial charge in [0.05, 0.1) is 6.04 Å². The highest BCUT2D eigenvalue weighted by Crippen LogP contribution is 2.23. The van der Waals surface area contributed by atoms with Gasteiger partial charge >= 0.3 is 0 Å². The standard InChI is InChI=1S/C26H36N8O/c1-4-28-25(35)23-16-30-26(32-20-8-7-19-15-27-11-9-18(19)13-20)33-24(23)31-21-10-12-29-22(14-21)17-34(5-2)6-3/h7-8,10,12-14,16,22,27,29H,4-6,9,11,15,17H2,1-3H3,(H,28,35)(H2,30,31,32,33). The molecule has 0 saturated heterocycles. The van der Waals surface area contributed by atoms with Crippen LogP contribution in [-0.2, 0) is 13.0 Å². The number of rotatable bonds is 10. The van der Waals surface area contributed by atoms with Gasteiger partial charge in [-0.1, -0.05) is 19.9 Å². The first-order chi connectivity index (χ1) is 17.1. The Balaban J connectivity index is 1.56. The number of nitrogens with zero attached hydrogens (tertiary/aromatic N) is 3. The molecular weight excluding hydrogens is 440 g/mol. The van der Waals surface area contributed by atoms with Crippen LogP contribution in [0.15, 0.2) is 48.4 Å². The highest BCUT2D eigenvalue weighted by Gasteiger charge is 2.18. The van der Waals surface area contributed by atoms with E-state index in [1.807, 2.05) is 25.3 Å². The van der Waals surface area contributed by atoms with Gasteiger partial charge in [0.15, 0.2) is 0 Å². The number of allylic oxidation sites excluding steroid dienone is 1. The lowest BCUT2D eigenvalue weighted by molar-refractivity contribution is 0.0956. The molecule has 1 unspecified atom stereocenters. The number of aromatic nitrogens is 2. The van der Waals surface area contributed by atoms with Crippen molar-refractivity contribution in [2.75, 3.05) is 43.4 Å². The van der Waals surface area contributed by atoms with Gasteiger partial charge in [-0.15, -0.1) is 0 Å². The summed E-state index contributed by atoms with van der Waals surface area (Å²) in [6, 6.07) is 6.49. The van der Waals surface area contributed by atoms with E-state index in [2.05, 4.69) is 73.5 Å². The number of fused-ring (bicyclic) bond motifs is 1. The smallest absolute Gasteiger partial charge is 0.256 e. The van der Waals surface area contributed by atoms with E-state index in [0.29, 0.717) is 23.9 Å². The maximum atomic E-state index is 12.7. The molecule has 1 atom stereocenters. The number of carbonyl (C=O) groups is 1. The number of carbonyl (C=O) groups excluding carboxylic acids is 1. The molecule has 1 aromatic heterocycles. The Labute approximate surface area is 207 Å². The SMILES string of the molecule is CCNC(=O)c1cnc(Nc2ccc3c(c2)CCNC3)nc1NC1=CC(CN(CC)CC)NC=C1. The molecule has 0 spiro atoms. The van der Waals surface area contributed by atoms with Crippen molar-refractivity contribution in [2.24, 2.45) is 0 Å². The third kappa shape index (κ3) is 6.37. The van der Waals surface area contributed by atoms with Crippen LogP contribution >= 0.6 is 0 Å². The first-order valence-electron chi connectivity index (χ1n) is 12.5. The fourth-order valence-corrected chi connectivity index (χ4v) is 4.31. The number of dihydropyridines is 1. The molecule has 2 aliphatic heterocycles. The number of nitrogens with one attached hydrogen (secondary N) is 5. The highest BCUT2D eigenvalue weighted by atomic mass is 16.1. The zero-order valence-electron chi connectivity index (χ0n) is 20.8. The summed E-state index contributed by atoms with van der Waals surface area (Å²) in [6.45, 7) is 11.5. The highest BCUT2D eigenvalue weighted by molar-refractivity contribution is 5.99. The fraction of sp³-hybridized carbons (Fsp3) is 0.423. The van der Waals surface area contributed by atoms with Crippen molar-refractivity contribution in [1.82, 2.24) is 30.8 Å². The second-order valence-corrected chi connectivity index (χ2v) is 8.69. The first kappa shape index (κ1) is 24.7. The van der Waals surface area contributed by atoms with E-state index in [1.54, 1.807) is 6.20 Å². The molecule has 2 aliphatic rings. The number of hydrogen-bond donors (Lipinski definition) is 5. The molecule has 1 aromatic carbocycles. The van der Waals surface area contributed by atoms with Crippen LogP contribution in [-0.4, -0.2) is 59.5 Å². The summed E-state index contributed by atoms with van der Waals surface area (Å²) < 4.78 is 0. The molecule has 0 aliphatic carbocycles. The Bertz CT molecular complexity index is 1090. The van der Waals surface area contributed by atoms with Crippen molar-refractivity contribution >= 4 is 23.4 Å². The Hall–Kier alpha value is -3.43. The summed E-state index contributed by atoms with van der Waals surface area (Å²) in [5.74, 6) is 0.698. The molecule has 2 aromatic rings. The van der Waals surface area contributed by atoms with Gasteiger partial charge in [0, 0.05) is 37.2 Å². The summed E-state index contributed by atoms with van der Waals surface area (Å²) >= 11 is 0. The molecule has 1 amide bonds. The topological polar surface area (TPSA) is 106 Å². The van der Waals surface area contributed by atoms with E-state index in [0.717, 1.165) is 50.5 Å². The second kappa shape index (κ2) is 11.8. The molecule has 4 rings (SSSR count). The third-order valence-corrected chi connectivity index (χ3v) is 6.29. The summed E-state index contributed by atoms with van der Waals surface area (Å²) in [5, 5.41) is 16.3. The maximum absolute atomic E-state index is 12.7. The molecule has 0 radical (unpaired) electrons. The molecule has 0 fully saturated rings. The lowest BCUT2D eigenvalue weighted by Gasteiger charge is -2.26. The predicted molar refractivity (Wildman–Crippen MR) is 141 cm³/mol. The normalized spacial score (nSPS) is 16.8. The minimum atomic E-state index is -0.207. The Morgan fingerprint density at radius 2 is 2.03 bits per heavy atom. The molecule has 186 valence electrons. The molecule has 5 N–H and O–H groups in total. The van der Waals surface area contributed by atoms with Crippen molar-refractivity contribution in [3.8, 4) is 0 Å². The van der Waals surface area contributed by atoms with Gasteiger partial charge in [-0.05, 0) is 74.6 Å². The molecule has 3 heterocycles. The van der Waals surface area contributed by atoms with Gasteiger partial charge in [0.25, 0.3) is 5.91 Å². The monoisotopic (exact) mass is 476 g/mol. The average Bonchev–Trinajstić information content (AvgIpc) is 2.88. The average molecular weight is 477 g/mol. The summed E-state index contributed by atoms with van der Waals surface area (Å²) in [6.07, 6.45) is 8.59. The van der Waals surface area contributed by atoms with Gasteiger partial charge in [-0.2, -0.15) is 4.98 Å². The number of anilines is 3. The maximum Gasteiger partial charge on any atom is 0.256 e. The van der Waals surface area contributed by atoms with Gasteiger partial charge in [-0.3, -0.25) is 4.79 Å². The van der Waals surface area contributed by atoms with Crippen LogP contribution in [0.25, 0.3) is 0 Å². The van der Waals surface area contributed by atoms with Crippen molar-refractivity contribution in [3.63, 3.8) is 0 Å². The predicted octanol–water partition coefficient (Wildman–Crippen LogP) is 2.74. The van der Waals surface area contributed by atoms with Crippen LogP contribution in [0.5, 0.6) is 0 Å². The van der Waals surface area contributed by atoms with Crippen LogP contribution in [0.3, 0.4) is 0 Å². The van der Waals surface area contributed by atoms with E-state index >= 15 is 0 Å². The second-order valence-electron chi connectivity index (χ2n) is 8.69. The van der Waals surface area contributed by atoms with Gasteiger partial charge < -0.3 is 31.5 Å². The molecular formula is C26H36N8O. The third-order valence-electron chi connectivity index (χ3n) is 6.29. The van der Waals surface area contributed by atoms with Crippen molar-refractivity contribution < 1.29 is 4.79 Å². The van der Waals surface area contributed by atoms with Crippen molar-refractivity contribution in [1.29, 1.82) is 0 Å². The lowest BCUT2D eigenvalue weighted by atomic mass is 10.0. The molecule has 9 nitrogen and oxygen atoms in total. The summed E-state index contributed by atoms with van der Waals surface area (Å²) in [7, 11) is 0.